The van der Waals surface area contributed by atoms with Gasteiger partial charge in [-0.25, -0.2) is 15.0 Å². The summed E-state index contributed by atoms with van der Waals surface area (Å²) in [6.45, 7) is 0. The zero-order chi connectivity index (χ0) is 25.9. The Kier molecular flexibility index (Phi) is 4.52. The molecule has 0 spiro atoms. The lowest BCUT2D eigenvalue weighted by Gasteiger charge is -2.09. The van der Waals surface area contributed by atoms with E-state index in [2.05, 4.69) is 46.9 Å². The normalized spacial score (nSPS) is 11.6. The van der Waals surface area contributed by atoms with Gasteiger partial charge in [0.2, 0.25) is 0 Å². The van der Waals surface area contributed by atoms with Crippen molar-refractivity contribution in [1.82, 2.24) is 19.4 Å². The molecule has 0 fully saturated rings. The highest BCUT2D eigenvalue weighted by Gasteiger charge is 2.20. The number of rotatable bonds is 3. The van der Waals surface area contributed by atoms with Crippen molar-refractivity contribution in [2.75, 3.05) is 0 Å². The van der Waals surface area contributed by atoms with Gasteiger partial charge in [0, 0.05) is 38.2 Å². The van der Waals surface area contributed by atoms with Crippen LogP contribution in [0.1, 0.15) is 5.56 Å². The minimum Gasteiger partial charge on any atom is -0.308 e. The number of aromatic nitrogens is 4. The number of para-hydroxylation sites is 1. The van der Waals surface area contributed by atoms with Gasteiger partial charge in [-0.3, -0.25) is 0 Å². The summed E-state index contributed by atoms with van der Waals surface area (Å²) in [6.07, 6.45) is 0. The number of fused-ring (bicyclic) bond motifs is 6. The second-order valence-corrected chi connectivity index (χ2v) is 9.65. The highest BCUT2D eigenvalue weighted by atomic mass is 15.0. The van der Waals surface area contributed by atoms with E-state index >= 15 is 0 Å². The molecule has 0 aliphatic heterocycles. The van der Waals surface area contributed by atoms with Crippen LogP contribution in [0.3, 0.4) is 0 Å². The molecule has 3 aromatic heterocycles. The Labute approximate surface area is 223 Å². The Hall–Kier alpha value is -5.60. The Balaban J connectivity index is 1.48. The van der Waals surface area contributed by atoms with Crippen LogP contribution in [0.15, 0.2) is 115 Å². The number of hydrogen-bond acceptors (Lipinski definition) is 4. The van der Waals surface area contributed by atoms with Gasteiger partial charge in [-0.05, 0) is 36.4 Å². The zero-order valence-electron chi connectivity index (χ0n) is 20.7. The standard InChI is InChI=1S/C34H19N5/c35-20-21-15-16-30-26(17-21)28-19-24(18-27-25-13-7-8-14-29(25)39(30)31(27)28)34-37-32(22-9-3-1-4-10-22)36-33(38-34)23-11-5-2-6-12-23/h1-19H. The van der Waals surface area contributed by atoms with Gasteiger partial charge in [0.15, 0.2) is 17.5 Å². The van der Waals surface area contributed by atoms with Crippen molar-refractivity contribution in [3.8, 4) is 40.2 Å². The van der Waals surface area contributed by atoms with E-state index < -0.39 is 0 Å². The van der Waals surface area contributed by atoms with E-state index in [1.807, 2.05) is 78.9 Å². The van der Waals surface area contributed by atoms with Crippen molar-refractivity contribution in [3.05, 3.63) is 121 Å². The highest BCUT2D eigenvalue weighted by molar-refractivity contribution is 6.24. The lowest BCUT2D eigenvalue weighted by Crippen LogP contribution is -2.00. The summed E-state index contributed by atoms with van der Waals surface area (Å²) in [5.74, 6) is 1.87. The molecule has 8 rings (SSSR count). The summed E-state index contributed by atoms with van der Waals surface area (Å²) in [5.41, 5.74) is 6.78. The largest absolute Gasteiger partial charge is 0.308 e. The molecule has 3 heterocycles. The monoisotopic (exact) mass is 497 g/mol. The molecule has 0 amide bonds. The number of hydrogen-bond donors (Lipinski definition) is 0. The minimum atomic E-state index is 0.613. The molecule has 180 valence electrons. The summed E-state index contributed by atoms with van der Waals surface area (Å²) < 4.78 is 2.30. The van der Waals surface area contributed by atoms with E-state index in [1.54, 1.807) is 0 Å². The predicted molar refractivity (Wildman–Crippen MR) is 156 cm³/mol. The summed E-state index contributed by atoms with van der Waals surface area (Å²) >= 11 is 0. The van der Waals surface area contributed by atoms with Crippen molar-refractivity contribution < 1.29 is 0 Å². The Morgan fingerprint density at radius 2 is 1.03 bits per heavy atom. The molecule has 0 aliphatic carbocycles. The first-order chi connectivity index (χ1) is 19.3. The number of benzene rings is 5. The molecule has 0 N–H and O–H groups in total. The summed E-state index contributed by atoms with van der Waals surface area (Å²) in [6, 6.07) is 41.0. The van der Waals surface area contributed by atoms with Crippen LogP contribution in [-0.4, -0.2) is 19.4 Å². The number of nitriles is 1. The van der Waals surface area contributed by atoms with Crippen molar-refractivity contribution >= 4 is 38.1 Å². The first-order valence-electron chi connectivity index (χ1n) is 12.8. The van der Waals surface area contributed by atoms with Crippen LogP contribution >= 0.6 is 0 Å². The lowest BCUT2D eigenvalue weighted by molar-refractivity contribution is 1.07. The molecule has 5 nitrogen and oxygen atoms in total. The average Bonchev–Trinajstić information content (AvgIpc) is 3.53. The van der Waals surface area contributed by atoms with E-state index in [1.165, 1.54) is 5.39 Å². The van der Waals surface area contributed by atoms with Crippen molar-refractivity contribution in [3.63, 3.8) is 0 Å². The molecule has 0 saturated heterocycles. The average molecular weight is 498 g/mol. The van der Waals surface area contributed by atoms with Gasteiger partial charge >= 0.3 is 0 Å². The molecule has 0 saturated carbocycles. The topological polar surface area (TPSA) is 66.9 Å². The third-order valence-corrected chi connectivity index (χ3v) is 7.38. The molecule has 0 atom stereocenters. The van der Waals surface area contributed by atoms with Gasteiger partial charge in [0.1, 0.15) is 0 Å². The molecule has 0 unspecified atom stereocenters. The van der Waals surface area contributed by atoms with E-state index in [4.69, 9.17) is 15.0 Å². The zero-order valence-corrected chi connectivity index (χ0v) is 20.7. The fraction of sp³-hybridized carbons (Fsp3) is 0. The van der Waals surface area contributed by atoms with Crippen LogP contribution in [0.25, 0.3) is 72.3 Å². The third kappa shape index (κ3) is 3.22. The molecule has 39 heavy (non-hydrogen) atoms. The Bertz CT molecular complexity index is 2170. The third-order valence-electron chi connectivity index (χ3n) is 7.38. The van der Waals surface area contributed by atoms with Crippen molar-refractivity contribution in [2.45, 2.75) is 0 Å². The van der Waals surface area contributed by atoms with Gasteiger partial charge in [-0.2, -0.15) is 5.26 Å². The van der Waals surface area contributed by atoms with Crippen LogP contribution in [0.4, 0.5) is 0 Å². The maximum Gasteiger partial charge on any atom is 0.164 e. The first kappa shape index (κ1) is 21.5. The molecule has 0 bridgehead atoms. The SMILES string of the molecule is N#Cc1ccc2c(c1)c1cc(-c3nc(-c4ccccc4)nc(-c4ccccc4)n3)cc3c4ccccc4n2c31. The molecular formula is C34H19N5. The van der Waals surface area contributed by atoms with Crippen LogP contribution in [0, 0.1) is 11.3 Å². The van der Waals surface area contributed by atoms with Gasteiger partial charge in [-0.15, -0.1) is 0 Å². The summed E-state index contributed by atoms with van der Waals surface area (Å²) in [7, 11) is 0. The van der Waals surface area contributed by atoms with Gasteiger partial charge < -0.3 is 4.40 Å². The molecular weight excluding hydrogens is 478 g/mol. The van der Waals surface area contributed by atoms with E-state index in [0.29, 0.717) is 23.0 Å². The second-order valence-electron chi connectivity index (χ2n) is 9.65. The van der Waals surface area contributed by atoms with Crippen LogP contribution in [-0.2, 0) is 0 Å². The van der Waals surface area contributed by atoms with Crippen molar-refractivity contribution in [2.24, 2.45) is 0 Å². The smallest absolute Gasteiger partial charge is 0.164 e. The van der Waals surface area contributed by atoms with Gasteiger partial charge in [0.05, 0.1) is 28.2 Å². The van der Waals surface area contributed by atoms with Gasteiger partial charge in [0.25, 0.3) is 0 Å². The maximum atomic E-state index is 9.63. The summed E-state index contributed by atoms with van der Waals surface area (Å²) in [5, 5.41) is 14.1. The van der Waals surface area contributed by atoms with Crippen LogP contribution in [0.2, 0.25) is 0 Å². The second kappa shape index (κ2) is 8.20. The predicted octanol–water partition coefficient (Wildman–Crippen LogP) is 7.89. The molecule has 0 radical (unpaired) electrons. The molecule has 8 aromatic rings. The highest BCUT2D eigenvalue weighted by Crippen LogP contribution is 2.41. The minimum absolute atomic E-state index is 0.613. The van der Waals surface area contributed by atoms with E-state index in [9.17, 15) is 5.26 Å². The van der Waals surface area contributed by atoms with E-state index in [-0.39, 0.29) is 0 Å². The Morgan fingerprint density at radius 3 is 1.67 bits per heavy atom. The van der Waals surface area contributed by atoms with Gasteiger partial charge in [-0.1, -0.05) is 78.9 Å². The Morgan fingerprint density at radius 1 is 0.487 bits per heavy atom. The fourth-order valence-electron chi connectivity index (χ4n) is 5.64. The summed E-state index contributed by atoms with van der Waals surface area (Å²) in [4.78, 5) is 14.8. The maximum absolute atomic E-state index is 9.63. The van der Waals surface area contributed by atoms with Crippen LogP contribution < -0.4 is 0 Å². The molecule has 0 aliphatic rings. The molecule has 5 aromatic carbocycles. The quantitative estimate of drug-likeness (QED) is 0.249. The van der Waals surface area contributed by atoms with Crippen LogP contribution in [0.5, 0.6) is 0 Å². The first-order valence-corrected chi connectivity index (χ1v) is 12.8. The number of nitrogens with zero attached hydrogens (tertiary/aromatic N) is 5. The van der Waals surface area contributed by atoms with E-state index in [0.717, 1.165) is 49.4 Å². The van der Waals surface area contributed by atoms with Crippen molar-refractivity contribution in [1.29, 1.82) is 5.26 Å². The lowest BCUT2D eigenvalue weighted by atomic mass is 10.0. The fourth-order valence-corrected chi connectivity index (χ4v) is 5.64. The molecule has 5 heteroatoms.